The molecule has 21 heavy (non-hydrogen) atoms. The van der Waals surface area contributed by atoms with Gasteiger partial charge in [-0.05, 0) is 18.6 Å². The van der Waals surface area contributed by atoms with Crippen LogP contribution in [0.3, 0.4) is 0 Å². The number of carbonyl (C=O) groups is 1. The van der Waals surface area contributed by atoms with E-state index in [4.69, 9.17) is 4.74 Å². The molecular formula is C16H23N3O2. The molecule has 1 saturated heterocycles. The first-order valence-corrected chi connectivity index (χ1v) is 7.47. The van der Waals surface area contributed by atoms with Crippen LogP contribution in [0.4, 0.5) is 5.69 Å². The molecule has 1 aliphatic heterocycles. The monoisotopic (exact) mass is 289 g/mol. The second-order valence-corrected chi connectivity index (χ2v) is 6.81. The van der Waals surface area contributed by atoms with Crippen molar-refractivity contribution in [3.05, 3.63) is 24.0 Å². The largest absolute Gasteiger partial charge is 0.377 e. The van der Waals surface area contributed by atoms with Crippen molar-refractivity contribution < 1.29 is 9.53 Å². The van der Waals surface area contributed by atoms with Gasteiger partial charge in [-0.15, -0.1) is 0 Å². The van der Waals surface area contributed by atoms with Crippen molar-refractivity contribution in [3.63, 3.8) is 0 Å². The molecule has 2 heterocycles. The predicted octanol–water partition coefficient (Wildman–Crippen LogP) is 1.69. The Kier molecular flexibility index (Phi) is 3.40. The van der Waals surface area contributed by atoms with E-state index in [0.29, 0.717) is 11.6 Å². The molecular weight excluding hydrogens is 266 g/mol. The Labute approximate surface area is 125 Å². The van der Waals surface area contributed by atoms with Crippen LogP contribution >= 0.6 is 0 Å². The summed E-state index contributed by atoms with van der Waals surface area (Å²) in [4.78, 5) is 18.6. The van der Waals surface area contributed by atoms with Crippen molar-refractivity contribution in [3.8, 4) is 0 Å². The van der Waals surface area contributed by atoms with Gasteiger partial charge >= 0.3 is 0 Å². The lowest BCUT2D eigenvalue weighted by Gasteiger charge is -2.54. The molecule has 3 atom stereocenters. The summed E-state index contributed by atoms with van der Waals surface area (Å²) in [6.07, 6.45) is 3.04. The number of ether oxygens (including phenoxy) is 1. The summed E-state index contributed by atoms with van der Waals surface area (Å²) >= 11 is 0. The van der Waals surface area contributed by atoms with Crippen molar-refractivity contribution in [2.75, 3.05) is 25.6 Å². The van der Waals surface area contributed by atoms with Crippen molar-refractivity contribution in [2.24, 2.45) is 11.3 Å². The van der Waals surface area contributed by atoms with Crippen LogP contribution in [-0.4, -0.2) is 43.7 Å². The molecule has 0 radical (unpaired) electrons. The zero-order chi connectivity index (χ0) is 15.2. The number of hydrogen-bond donors (Lipinski definition) is 1. The normalized spacial score (nSPS) is 29.4. The van der Waals surface area contributed by atoms with Gasteiger partial charge in [0.05, 0.1) is 18.0 Å². The van der Waals surface area contributed by atoms with Gasteiger partial charge in [-0.3, -0.25) is 4.79 Å². The van der Waals surface area contributed by atoms with Gasteiger partial charge in [-0.1, -0.05) is 13.8 Å². The van der Waals surface area contributed by atoms with Crippen LogP contribution in [0.1, 0.15) is 30.8 Å². The Morgan fingerprint density at radius 3 is 2.81 bits per heavy atom. The Morgan fingerprint density at radius 2 is 2.19 bits per heavy atom. The summed E-state index contributed by atoms with van der Waals surface area (Å²) in [5, 5.41) is 3.15. The smallest absolute Gasteiger partial charge is 0.270 e. The van der Waals surface area contributed by atoms with Gasteiger partial charge in [0.1, 0.15) is 5.69 Å². The number of hydrogen-bond acceptors (Lipinski definition) is 4. The molecule has 1 aromatic rings. The number of nitrogens with one attached hydrogen (secondary N) is 1. The van der Waals surface area contributed by atoms with Gasteiger partial charge in [0.15, 0.2) is 0 Å². The van der Waals surface area contributed by atoms with E-state index < -0.39 is 0 Å². The topological polar surface area (TPSA) is 54.5 Å². The molecule has 0 bridgehead atoms. The van der Waals surface area contributed by atoms with Gasteiger partial charge < -0.3 is 15.0 Å². The number of pyridine rings is 1. The highest BCUT2D eigenvalue weighted by atomic mass is 16.5. The standard InChI is InChI=1S/C16H23N3O2/c1-16(2)13(11-7-8-21-14(11)16)18-15(20)12-6-5-10(9-17-12)19(3)4/h5-6,9,11,13-14H,7-8H2,1-4H3,(H,18,20). The first kappa shape index (κ1) is 14.3. The van der Waals surface area contributed by atoms with Gasteiger partial charge in [-0.25, -0.2) is 4.98 Å². The first-order chi connectivity index (χ1) is 9.91. The number of anilines is 1. The fraction of sp³-hybridized carbons (Fsp3) is 0.625. The SMILES string of the molecule is CN(C)c1ccc(C(=O)NC2C3CCOC3C2(C)C)nc1. The molecule has 0 aromatic carbocycles. The van der Waals surface area contributed by atoms with E-state index in [1.54, 1.807) is 12.3 Å². The summed E-state index contributed by atoms with van der Waals surface area (Å²) in [6, 6.07) is 3.86. The molecule has 2 fully saturated rings. The van der Waals surface area contributed by atoms with Crippen molar-refractivity contribution in [1.82, 2.24) is 10.3 Å². The van der Waals surface area contributed by atoms with Crippen LogP contribution in [0.5, 0.6) is 0 Å². The molecule has 1 aromatic heterocycles. The van der Waals surface area contributed by atoms with Crippen molar-refractivity contribution in [2.45, 2.75) is 32.4 Å². The lowest BCUT2D eigenvalue weighted by molar-refractivity contribution is -0.108. The fourth-order valence-electron chi connectivity index (χ4n) is 3.62. The van der Waals surface area contributed by atoms with E-state index >= 15 is 0 Å². The molecule has 5 nitrogen and oxygen atoms in total. The zero-order valence-corrected chi connectivity index (χ0v) is 13.1. The number of amides is 1. The van der Waals surface area contributed by atoms with Gasteiger partial charge in [0.2, 0.25) is 0 Å². The summed E-state index contributed by atoms with van der Waals surface area (Å²) in [5.41, 5.74) is 1.46. The van der Waals surface area contributed by atoms with Crippen molar-refractivity contribution in [1.29, 1.82) is 0 Å². The van der Waals surface area contributed by atoms with Crippen LogP contribution in [0.2, 0.25) is 0 Å². The molecule has 2 aliphatic rings. The average molecular weight is 289 g/mol. The zero-order valence-electron chi connectivity index (χ0n) is 13.1. The maximum atomic E-state index is 12.4. The minimum atomic E-state index is -0.0938. The summed E-state index contributed by atoms with van der Waals surface area (Å²) in [6.45, 7) is 5.13. The summed E-state index contributed by atoms with van der Waals surface area (Å²) < 4.78 is 5.75. The molecule has 1 N–H and O–H groups in total. The van der Waals surface area contributed by atoms with Crippen molar-refractivity contribution >= 4 is 11.6 Å². The van der Waals surface area contributed by atoms with E-state index in [-0.39, 0.29) is 23.5 Å². The minimum absolute atomic E-state index is 0.000400. The Morgan fingerprint density at radius 1 is 1.43 bits per heavy atom. The molecule has 5 heteroatoms. The van der Waals surface area contributed by atoms with Crippen LogP contribution in [0.25, 0.3) is 0 Å². The molecule has 3 unspecified atom stereocenters. The van der Waals surface area contributed by atoms with Gasteiger partial charge in [0.25, 0.3) is 5.91 Å². The second kappa shape index (κ2) is 4.98. The molecule has 3 rings (SSSR count). The lowest BCUT2D eigenvalue weighted by Crippen LogP contribution is -2.66. The van der Waals surface area contributed by atoms with E-state index in [2.05, 4.69) is 24.1 Å². The third kappa shape index (κ3) is 2.29. The molecule has 1 amide bonds. The van der Waals surface area contributed by atoms with Gasteiger partial charge in [-0.2, -0.15) is 0 Å². The Bertz CT molecular complexity index is 539. The van der Waals surface area contributed by atoms with E-state index in [0.717, 1.165) is 18.7 Å². The molecule has 114 valence electrons. The highest BCUT2D eigenvalue weighted by molar-refractivity contribution is 5.92. The third-order valence-electron chi connectivity index (χ3n) is 4.88. The second-order valence-electron chi connectivity index (χ2n) is 6.81. The average Bonchev–Trinajstić information content (AvgIpc) is 2.91. The third-order valence-corrected chi connectivity index (χ3v) is 4.88. The number of fused-ring (bicyclic) bond motifs is 1. The van der Waals surface area contributed by atoms with E-state index in [1.165, 1.54) is 0 Å². The maximum absolute atomic E-state index is 12.4. The highest BCUT2D eigenvalue weighted by Crippen LogP contribution is 2.52. The Balaban J connectivity index is 1.69. The quantitative estimate of drug-likeness (QED) is 0.920. The molecule has 1 saturated carbocycles. The highest BCUT2D eigenvalue weighted by Gasteiger charge is 2.59. The minimum Gasteiger partial charge on any atom is -0.377 e. The van der Waals surface area contributed by atoms with Crippen LogP contribution in [0, 0.1) is 11.3 Å². The maximum Gasteiger partial charge on any atom is 0.270 e. The number of carbonyl (C=O) groups excluding carboxylic acids is 1. The van der Waals surface area contributed by atoms with Crippen LogP contribution in [0.15, 0.2) is 18.3 Å². The van der Waals surface area contributed by atoms with Gasteiger partial charge in [0, 0.05) is 38.1 Å². The fourth-order valence-corrected chi connectivity index (χ4v) is 3.62. The Hall–Kier alpha value is -1.62. The van der Waals surface area contributed by atoms with Crippen LogP contribution < -0.4 is 10.2 Å². The summed E-state index contributed by atoms with van der Waals surface area (Å²) in [7, 11) is 3.90. The van der Waals surface area contributed by atoms with E-state index in [9.17, 15) is 4.79 Å². The lowest BCUT2D eigenvalue weighted by atomic mass is 9.57. The van der Waals surface area contributed by atoms with E-state index in [1.807, 2.05) is 25.1 Å². The first-order valence-electron chi connectivity index (χ1n) is 7.47. The summed E-state index contributed by atoms with van der Waals surface area (Å²) in [5.74, 6) is 0.355. The predicted molar refractivity (Wildman–Crippen MR) is 81.4 cm³/mol. The van der Waals surface area contributed by atoms with Crippen LogP contribution in [-0.2, 0) is 4.74 Å². The number of rotatable bonds is 3. The molecule has 1 aliphatic carbocycles. The number of nitrogens with zero attached hydrogens (tertiary/aromatic N) is 2. The number of aromatic nitrogens is 1. The molecule has 0 spiro atoms.